The number of carboxylic acid groups (broad SMARTS) is 1. The lowest BCUT2D eigenvalue weighted by Crippen LogP contribution is -2.47. The second-order valence-corrected chi connectivity index (χ2v) is 3.69. The standard InChI is InChI=1S/C12H20N2O3/c1-4-6-7-8-13-12(17)14(9-11(15)16)10(3)5-2/h10H,5,7-9H2,1-3H3,(H,13,17)(H,15,16). The van der Waals surface area contributed by atoms with E-state index in [1.54, 1.807) is 6.92 Å². The van der Waals surface area contributed by atoms with Gasteiger partial charge in [0.15, 0.2) is 0 Å². The van der Waals surface area contributed by atoms with Crippen molar-refractivity contribution in [3.63, 3.8) is 0 Å². The van der Waals surface area contributed by atoms with Crippen LogP contribution in [0.15, 0.2) is 0 Å². The number of carboxylic acids is 1. The van der Waals surface area contributed by atoms with Crippen LogP contribution in [0.1, 0.15) is 33.6 Å². The van der Waals surface area contributed by atoms with Gasteiger partial charge in [0.25, 0.3) is 0 Å². The average molecular weight is 240 g/mol. The van der Waals surface area contributed by atoms with Gasteiger partial charge in [0.2, 0.25) is 0 Å². The van der Waals surface area contributed by atoms with Crippen LogP contribution in [0.3, 0.4) is 0 Å². The molecule has 0 saturated carbocycles. The van der Waals surface area contributed by atoms with Crippen LogP contribution in [-0.4, -0.2) is 41.1 Å². The summed E-state index contributed by atoms with van der Waals surface area (Å²) >= 11 is 0. The van der Waals surface area contributed by atoms with Gasteiger partial charge in [0.1, 0.15) is 6.54 Å². The van der Waals surface area contributed by atoms with Gasteiger partial charge in [-0.2, -0.15) is 0 Å². The second kappa shape index (κ2) is 8.45. The number of aliphatic carboxylic acids is 1. The van der Waals surface area contributed by atoms with Crippen molar-refractivity contribution in [2.75, 3.05) is 13.1 Å². The molecule has 0 fully saturated rings. The summed E-state index contributed by atoms with van der Waals surface area (Å²) in [5.41, 5.74) is 0. The summed E-state index contributed by atoms with van der Waals surface area (Å²) in [6.07, 6.45) is 1.29. The summed E-state index contributed by atoms with van der Waals surface area (Å²) in [4.78, 5) is 23.7. The van der Waals surface area contributed by atoms with Crippen LogP contribution in [-0.2, 0) is 4.79 Å². The maximum atomic E-state index is 11.7. The van der Waals surface area contributed by atoms with E-state index in [1.807, 2.05) is 13.8 Å². The van der Waals surface area contributed by atoms with Crippen molar-refractivity contribution < 1.29 is 14.7 Å². The Kier molecular flexibility index (Phi) is 7.61. The smallest absolute Gasteiger partial charge is 0.323 e. The van der Waals surface area contributed by atoms with Crippen LogP contribution in [0.2, 0.25) is 0 Å². The van der Waals surface area contributed by atoms with E-state index in [-0.39, 0.29) is 18.6 Å². The molecule has 0 aromatic rings. The fourth-order valence-electron chi connectivity index (χ4n) is 1.25. The molecule has 0 aromatic heterocycles. The monoisotopic (exact) mass is 240 g/mol. The first-order valence-electron chi connectivity index (χ1n) is 5.68. The maximum absolute atomic E-state index is 11.7. The Bertz CT molecular complexity index is 317. The van der Waals surface area contributed by atoms with Crippen molar-refractivity contribution >= 4 is 12.0 Å². The van der Waals surface area contributed by atoms with Crippen LogP contribution in [0.4, 0.5) is 4.79 Å². The highest BCUT2D eigenvalue weighted by atomic mass is 16.4. The summed E-state index contributed by atoms with van der Waals surface area (Å²) in [7, 11) is 0. The zero-order valence-corrected chi connectivity index (χ0v) is 10.6. The van der Waals surface area contributed by atoms with Crippen molar-refractivity contribution in [1.82, 2.24) is 10.2 Å². The molecule has 0 rings (SSSR count). The molecule has 96 valence electrons. The molecule has 0 bridgehead atoms. The molecule has 0 aromatic carbocycles. The Morgan fingerprint density at radius 1 is 1.47 bits per heavy atom. The molecule has 5 nitrogen and oxygen atoms in total. The zero-order valence-electron chi connectivity index (χ0n) is 10.6. The quantitative estimate of drug-likeness (QED) is 0.543. The molecule has 0 spiro atoms. The number of urea groups is 1. The third-order valence-corrected chi connectivity index (χ3v) is 2.39. The number of carbonyl (C=O) groups excluding carboxylic acids is 1. The highest BCUT2D eigenvalue weighted by molar-refractivity contribution is 5.80. The normalized spacial score (nSPS) is 11.0. The molecule has 0 heterocycles. The van der Waals surface area contributed by atoms with Gasteiger partial charge in [0.05, 0.1) is 0 Å². The van der Waals surface area contributed by atoms with E-state index in [2.05, 4.69) is 17.2 Å². The van der Waals surface area contributed by atoms with E-state index in [0.29, 0.717) is 13.0 Å². The van der Waals surface area contributed by atoms with Gasteiger partial charge in [-0.1, -0.05) is 6.92 Å². The predicted molar refractivity (Wildman–Crippen MR) is 65.6 cm³/mol. The van der Waals surface area contributed by atoms with Gasteiger partial charge in [-0.15, -0.1) is 11.8 Å². The number of nitrogens with zero attached hydrogens (tertiary/aromatic N) is 1. The van der Waals surface area contributed by atoms with Crippen LogP contribution < -0.4 is 5.32 Å². The van der Waals surface area contributed by atoms with Gasteiger partial charge >= 0.3 is 12.0 Å². The Balaban J connectivity index is 4.30. The fraction of sp³-hybridized carbons (Fsp3) is 0.667. The van der Waals surface area contributed by atoms with Crippen molar-refractivity contribution in [3.8, 4) is 11.8 Å². The van der Waals surface area contributed by atoms with E-state index in [0.717, 1.165) is 6.42 Å². The fourth-order valence-corrected chi connectivity index (χ4v) is 1.25. The third kappa shape index (κ3) is 6.46. The van der Waals surface area contributed by atoms with E-state index in [9.17, 15) is 9.59 Å². The summed E-state index contributed by atoms with van der Waals surface area (Å²) in [5, 5.41) is 11.4. The highest BCUT2D eigenvalue weighted by Crippen LogP contribution is 2.03. The lowest BCUT2D eigenvalue weighted by molar-refractivity contribution is -0.138. The molecule has 2 N–H and O–H groups in total. The highest BCUT2D eigenvalue weighted by Gasteiger charge is 2.20. The molecular weight excluding hydrogens is 220 g/mol. The van der Waals surface area contributed by atoms with Crippen molar-refractivity contribution in [3.05, 3.63) is 0 Å². The Morgan fingerprint density at radius 2 is 2.12 bits per heavy atom. The summed E-state index contributed by atoms with van der Waals surface area (Å²) in [6, 6.07) is -0.442. The minimum Gasteiger partial charge on any atom is -0.480 e. The molecule has 2 amide bonds. The minimum absolute atomic E-state index is 0.0941. The van der Waals surface area contributed by atoms with E-state index < -0.39 is 5.97 Å². The average Bonchev–Trinajstić information content (AvgIpc) is 2.30. The molecule has 0 saturated heterocycles. The van der Waals surface area contributed by atoms with E-state index >= 15 is 0 Å². The van der Waals surface area contributed by atoms with Gasteiger partial charge in [-0.05, 0) is 20.3 Å². The molecule has 0 radical (unpaired) electrons. The number of hydrogen-bond acceptors (Lipinski definition) is 2. The first kappa shape index (κ1) is 15.3. The molecule has 0 aliphatic carbocycles. The molecule has 0 aliphatic rings. The number of amides is 2. The lowest BCUT2D eigenvalue weighted by Gasteiger charge is -2.26. The first-order chi connectivity index (χ1) is 8.02. The molecule has 0 aliphatic heterocycles. The third-order valence-electron chi connectivity index (χ3n) is 2.39. The largest absolute Gasteiger partial charge is 0.480 e. The molecular formula is C12H20N2O3. The van der Waals surface area contributed by atoms with Gasteiger partial charge in [-0.25, -0.2) is 4.79 Å². The van der Waals surface area contributed by atoms with Crippen LogP contribution in [0.5, 0.6) is 0 Å². The Hall–Kier alpha value is -1.70. The van der Waals surface area contributed by atoms with Crippen molar-refractivity contribution in [2.45, 2.75) is 39.7 Å². The van der Waals surface area contributed by atoms with Crippen LogP contribution in [0, 0.1) is 11.8 Å². The van der Waals surface area contributed by atoms with E-state index in [4.69, 9.17) is 5.11 Å². The Morgan fingerprint density at radius 3 is 2.59 bits per heavy atom. The SMILES string of the molecule is CC#CCCNC(=O)N(CC(=O)O)C(C)CC. The van der Waals surface area contributed by atoms with Crippen LogP contribution >= 0.6 is 0 Å². The first-order valence-corrected chi connectivity index (χ1v) is 5.68. The second-order valence-electron chi connectivity index (χ2n) is 3.69. The topological polar surface area (TPSA) is 69.6 Å². The summed E-state index contributed by atoms with van der Waals surface area (Å²) in [6.45, 7) is 5.63. The predicted octanol–water partition coefficient (Wildman–Crippen LogP) is 1.29. The zero-order chi connectivity index (χ0) is 13.3. The van der Waals surface area contributed by atoms with E-state index in [1.165, 1.54) is 4.90 Å². The lowest BCUT2D eigenvalue weighted by atomic mass is 10.2. The minimum atomic E-state index is -1.01. The molecule has 1 atom stereocenters. The van der Waals surface area contributed by atoms with Gasteiger partial charge < -0.3 is 15.3 Å². The Labute approximate surface area is 102 Å². The number of rotatable bonds is 6. The number of carbonyl (C=O) groups is 2. The number of nitrogens with one attached hydrogen (secondary N) is 1. The maximum Gasteiger partial charge on any atom is 0.323 e. The van der Waals surface area contributed by atoms with Crippen LogP contribution in [0.25, 0.3) is 0 Å². The summed E-state index contributed by atoms with van der Waals surface area (Å²) < 4.78 is 0. The van der Waals surface area contributed by atoms with Crippen molar-refractivity contribution in [2.24, 2.45) is 0 Å². The van der Waals surface area contributed by atoms with Crippen molar-refractivity contribution in [1.29, 1.82) is 0 Å². The van der Waals surface area contributed by atoms with Gasteiger partial charge in [-0.3, -0.25) is 4.79 Å². The number of hydrogen-bond donors (Lipinski definition) is 2. The molecule has 17 heavy (non-hydrogen) atoms. The molecule has 5 heteroatoms. The van der Waals surface area contributed by atoms with Gasteiger partial charge in [0, 0.05) is 19.0 Å². The summed E-state index contributed by atoms with van der Waals surface area (Å²) in [5.74, 6) is 4.55. The molecule has 1 unspecified atom stereocenters.